The fourth-order valence-corrected chi connectivity index (χ4v) is 5.40. The highest BCUT2D eigenvalue weighted by molar-refractivity contribution is 6.30. The van der Waals surface area contributed by atoms with Gasteiger partial charge in [0.1, 0.15) is 17.0 Å². The average Bonchev–Trinajstić information content (AvgIpc) is 3.11. The number of hydrogen-bond donors (Lipinski definition) is 1. The predicted molar refractivity (Wildman–Crippen MR) is 129 cm³/mol. The van der Waals surface area contributed by atoms with Crippen LogP contribution in [0.15, 0.2) is 36.4 Å². The molecule has 3 heterocycles. The van der Waals surface area contributed by atoms with Gasteiger partial charge in [-0.1, -0.05) is 11.6 Å². The van der Waals surface area contributed by atoms with Crippen molar-refractivity contribution < 1.29 is 24.2 Å². The number of hydrogen-bond acceptors (Lipinski definition) is 5. The van der Waals surface area contributed by atoms with E-state index in [9.17, 15) is 9.59 Å². The standard InChI is InChI=1S/C26H29ClN2O5/c1-25(2)8-7-18-13-20(27)14-19(22(18)33-25)15-28-11-9-26(10-12-28)16-29(24(32)34-26)21-5-3-17(4-6-21)23(30)31/h3-6,13-14H,7-12,15-16H2,1-2H3,(H,30,31). The summed E-state index contributed by atoms with van der Waals surface area (Å²) in [6, 6.07) is 10.3. The van der Waals surface area contributed by atoms with Crippen molar-refractivity contribution in [3.05, 3.63) is 58.1 Å². The number of fused-ring (bicyclic) bond motifs is 1. The predicted octanol–water partition coefficient (Wildman–Crippen LogP) is 5.13. The van der Waals surface area contributed by atoms with E-state index in [2.05, 4.69) is 18.7 Å². The first kappa shape index (κ1) is 23.0. The number of amides is 1. The quantitative estimate of drug-likeness (QED) is 0.647. The maximum atomic E-state index is 12.6. The maximum absolute atomic E-state index is 12.6. The Morgan fingerprint density at radius 2 is 1.79 bits per heavy atom. The molecule has 7 nitrogen and oxygen atoms in total. The lowest BCUT2D eigenvalue weighted by Crippen LogP contribution is -2.46. The molecule has 3 aliphatic rings. The number of carboxylic acid groups (broad SMARTS) is 1. The SMILES string of the molecule is CC1(C)CCc2cc(Cl)cc(CN3CCC4(CC3)CN(c3ccc(C(=O)O)cc3)C(=O)O4)c2O1. The topological polar surface area (TPSA) is 79.3 Å². The highest BCUT2D eigenvalue weighted by Gasteiger charge is 2.47. The van der Waals surface area contributed by atoms with Gasteiger partial charge in [-0.2, -0.15) is 0 Å². The van der Waals surface area contributed by atoms with Crippen LogP contribution in [0.4, 0.5) is 10.5 Å². The molecule has 0 bridgehead atoms. The smallest absolute Gasteiger partial charge is 0.415 e. The molecule has 0 aromatic heterocycles. The minimum absolute atomic E-state index is 0.189. The third-order valence-electron chi connectivity index (χ3n) is 7.14. The second-order valence-electron chi connectivity index (χ2n) is 10.2. The molecule has 0 radical (unpaired) electrons. The highest BCUT2D eigenvalue weighted by atomic mass is 35.5. The summed E-state index contributed by atoms with van der Waals surface area (Å²) < 4.78 is 12.2. The number of likely N-dealkylation sites (tertiary alicyclic amines) is 1. The molecule has 8 heteroatoms. The number of carboxylic acids is 1. The molecular weight excluding hydrogens is 456 g/mol. The molecular formula is C26H29ClN2O5. The van der Waals surface area contributed by atoms with E-state index >= 15 is 0 Å². The molecule has 0 aliphatic carbocycles. The zero-order valence-electron chi connectivity index (χ0n) is 19.5. The molecule has 2 fully saturated rings. The second kappa shape index (κ2) is 8.47. The molecule has 0 unspecified atom stereocenters. The third-order valence-corrected chi connectivity index (χ3v) is 7.36. The monoisotopic (exact) mass is 484 g/mol. The summed E-state index contributed by atoms with van der Waals surface area (Å²) in [6.07, 6.45) is 3.01. The number of piperidine rings is 1. The Morgan fingerprint density at radius 3 is 2.47 bits per heavy atom. The van der Waals surface area contributed by atoms with E-state index in [1.165, 1.54) is 17.7 Å². The second-order valence-corrected chi connectivity index (χ2v) is 10.6. The van der Waals surface area contributed by atoms with Crippen molar-refractivity contribution in [3.8, 4) is 5.75 Å². The van der Waals surface area contributed by atoms with Gasteiger partial charge in [-0.05, 0) is 68.7 Å². The van der Waals surface area contributed by atoms with Crippen LogP contribution in [-0.4, -0.2) is 52.9 Å². The van der Waals surface area contributed by atoms with E-state index in [1.807, 2.05) is 12.1 Å². The van der Waals surface area contributed by atoms with Gasteiger partial charge in [0.05, 0.1) is 12.1 Å². The van der Waals surface area contributed by atoms with Crippen molar-refractivity contribution >= 4 is 29.4 Å². The number of carbonyl (C=O) groups excluding carboxylic acids is 1. The van der Waals surface area contributed by atoms with Gasteiger partial charge in [0.2, 0.25) is 0 Å². The van der Waals surface area contributed by atoms with Gasteiger partial charge >= 0.3 is 12.1 Å². The van der Waals surface area contributed by atoms with Crippen LogP contribution in [0, 0.1) is 0 Å². The number of rotatable bonds is 4. The van der Waals surface area contributed by atoms with Gasteiger partial charge in [0, 0.05) is 48.7 Å². The Bertz CT molecular complexity index is 1120. The van der Waals surface area contributed by atoms with Crippen molar-refractivity contribution in [2.75, 3.05) is 24.5 Å². The number of halogens is 1. The van der Waals surface area contributed by atoms with Gasteiger partial charge in [-0.3, -0.25) is 9.80 Å². The molecule has 34 heavy (non-hydrogen) atoms. The maximum Gasteiger partial charge on any atom is 0.415 e. The first-order chi connectivity index (χ1) is 16.1. The van der Waals surface area contributed by atoms with E-state index < -0.39 is 11.6 Å². The summed E-state index contributed by atoms with van der Waals surface area (Å²) >= 11 is 6.42. The average molecular weight is 485 g/mol. The molecule has 1 amide bonds. The van der Waals surface area contributed by atoms with Crippen molar-refractivity contribution in [1.82, 2.24) is 4.90 Å². The van der Waals surface area contributed by atoms with Gasteiger partial charge in [0.25, 0.3) is 0 Å². The Kier molecular flexibility index (Phi) is 5.73. The van der Waals surface area contributed by atoms with Crippen LogP contribution in [0.5, 0.6) is 5.75 Å². The number of anilines is 1. The molecule has 180 valence electrons. The van der Waals surface area contributed by atoms with E-state index in [1.54, 1.807) is 17.0 Å². The molecule has 1 spiro atoms. The Balaban J connectivity index is 1.26. The van der Waals surface area contributed by atoms with Gasteiger partial charge in [-0.15, -0.1) is 0 Å². The summed E-state index contributed by atoms with van der Waals surface area (Å²) in [4.78, 5) is 27.7. The summed E-state index contributed by atoms with van der Waals surface area (Å²) in [5, 5.41) is 9.84. The minimum atomic E-state index is -0.991. The van der Waals surface area contributed by atoms with Crippen molar-refractivity contribution in [1.29, 1.82) is 0 Å². The molecule has 2 saturated heterocycles. The van der Waals surface area contributed by atoms with Crippen LogP contribution in [-0.2, 0) is 17.7 Å². The fraction of sp³-hybridized carbons (Fsp3) is 0.462. The van der Waals surface area contributed by atoms with Crippen LogP contribution >= 0.6 is 11.6 Å². The summed E-state index contributed by atoms with van der Waals surface area (Å²) in [5.41, 5.74) is 2.41. The first-order valence-electron chi connectivity index (χ1n) is 11.7. The summed E-state index contributed by atoms with van der Waals surface area (Å²) in [6.45, 7) is 7.04. The van der Waals surface area contributed by atoms with Gasteiger partial charge < -0.3 is 14.6 Å². The zero-order valence-corrected chi connectivity index (χ0v) is 20.2. The summed E-state index contributed by atoms with van der Waals surface area (Å²) in [5.74, 6) is -0.0291. The van der Waals surface area contributed by atoms with Crippen molar-refractivity contribution in [2.45, 2.75) is 57.3 Å². The Hall–Kier alpha value is -2.77. The first-order valence-corrected chi connectivity index (χ1v) is 12.1. The number of aryl methyl sites for hydroxylation is 1. The van der Waals surface area contributed by atoms with E-state index in [4.69, 9.17) is 26.2 Å². The number of nitrogens with zero attached hydrogens (tertiary/aromatic N) is 2. The molecule has 1 N–H and O–H groups in total. The lowest BCUT2D eigenvalue weighted by molar-refractivity contribution is -0.00147. The molecule has 0 saturated carbocycles. The number of aromatic carboxylic acids is 1. The van der Waals surface area contributed by atoms with Gasteiger partial charge in [0.15, 0.2) is 0 Å². The van der Waals surface area contributed by atoms with Crippen LogP contribution in [0.3, 0.4) is 0 Å². The molecule has 5 rings (SSSR count). The van der Waals surface area contributed by atoms with E-state index in [0.29, 0.717) is 12.2 Å². The van der Waals surface area contributed by atoms with Crippen LogP contribution < -0.4 is 9.64 Å². The molecule has 0 atom stereocenters. The zero-order chi connectivity index (χ0) is 24.1. The molecule has 2 aromatic rings. The lowest BCUT2D eigenvalue weighted by atomic mass is 9.90. The van der Waals surface area contributed by atoms with E-state index in [-0.39, 0.29) is 17.3 Å². The number of ether oxygens (including phenoxy) is 2. The molecule has 3 aliphatic heterocycles. The number of carbonyl (C=O) groups is 2. The van der Waals surface area contributed by atoms with Crippen LogP contribution in [0.1, 0.15) is 54.6 Å². The van der Waals surface area contributed by atoms with Crippen LogP contribution in [0.25, 0.3) is 0 Å². The van der Waals surface area contributed by atoms with E-state index in [0.717, 1.165) is 61.7 Å². The van der Waals surface area contributed by atoms with Crippen molar-refractivity contribution in [2.24, 2.45) is 0 Å². The number of benzene rings is 2. The lowest BCUT2D eigenvalue weighted by Gasteiger charge is -2.38. The minimum Gasteiger partial charge on any atom is -0.487 e. The van der Waals surface area contributed by atoms with Crippen molar-refractivity contribution in [3.63, 3.8) is 0 Å². The largest absolute Gasteiger partial charge is 0.487 e. The van der Waals surface area contributed by atoms with Crippen LogP contribution in [0.2, 0.25) is 5.02 Å². The summed E-state index contributed by atoms with van der Waals surface area (Å²) in [7, 11) is 0. The fourth-order valence-electron chi connectivity index (χ4n) is 5.13. The Labute approximate surface area is 204 Å². The highest BCUT2D eigenvalue weighted by Crippen LogP contribution is 2.40. The van der Waals surface area contributed by atoms with Gasteiger partial charge in [-0.25, -0.2) is 9.59 Å². The normalized spacial score (nSPS) is 21.1. The molecule has 2 aromatic carbocycles. The Morgan fingerprint density at radius 1 is 1.09 bits per heavy atom. The third kappa shape index (κ3) is 4.46.